The van der Waals surface area contributed by atoms with E-state index in [1.807, 2.05) is 0 Å². The lowest BCUT2D eigenvalue weighted by atomic mass is 10.1. The molecular formula is C18H20FN3O2. The SMILES string of the molecule is O=C(NCCn1nc2c(cc1=O)CCCCC2)c1ccccc1F. The van der Waals surface area contributed by atoms with E-state index in [1.165, 1.54) is 22.9 Å². The number of benzene rings is 1. The monoisotopic (exact) mass is 329 g/mol. The summed E-state index contributed by atoms with van der Waals surface area (Å²) in [7, 11) is 0. The molecule has 2 aromatic rings. The fraction of sp³-hybridized carbons (Fsp3) is 0.389. The van der Waals surface area contributed by atoms with Crippen molar-refractivity contribution in [3.63, 3.8) is 0 Å². The lowest BCUT2D eigenvalue weighted by Gasteiger charge is -2.10. The van der Waals surface area contributed by atoms with Crippen LogP contribution in [0.2, 0.25) is 0 Å². The van der Waals surface area contributed by atoms with Crippen LogP contribution >= 0.6 is 0 Å². The number of amides is 1. The highest BCUT2D eigenvalue weighted by Gasteiger charge is 2.13. The van der Waals surface area contributed by atoms with Crippen LogP contribution < -0.4 is 10.9 Å². The van der Waals surface area contributed by atoms with Gasteiger partial charge in [-0.2, -0.15) is 5.10 Å². The summed E-state index contributed by atoms with van der Waals surface area (Å²) in [5.74, 6) is -1.05. The Morgan fingerprint density at radius 3 is 2.83 bits per heavy atom. The Balaban J connectivity index is 1.65. The zero-order valence-corrected chi connectivity index (χ0v) is 13.4. The molecular weight excluding hydrogens is 309 g/mol. The molecule has 0 radical (unpaired) electrons. The second-order valence-electron chi connectivity index (χ2n) is 5.97. The van der Waals surface area contributed by atoms with Crippen LogP contribution in [0.5, 0.6) is 0 Å². The minimum atomic E-state index is -0.560. The Morgan fingerprint density at radius 2 is 2.00 bits per heavy atom. The maximum Gasteiger partial charge on any atom is 0.267 e. The Morgan fingerprint density at radius 1 is 1.21 bits per heavy atom. The van der Waals surface area contributed by atoms with Gasteiger partial charge in [-0.1, -0.05) is 18.6 Å². The molecule has 1 aliphatic carbocycles. The van der Waals surface area contributed by atoms with Gasteiger partial charge in [-0.25, -0.2) is 9.07 Å². The number of aromatic nitrogens is 2. The Labute approximate surface area is 139 Å². The predicted octanol–water partition coefficient (Wildman–Crippen LogP) is 2.08. The summed E-state index contributed by atoms with van der Waals surface area (Å²) in [5.41, 5.74) is 1.87. The summed E-state index contributed by atoms with van der Waals surface area (Å²) < 4.78 is 14.9. The highest BCUT2D eigenvalue weighted by atomic mass is 19.1. The van der Waals surface area contributed by atoms with Gasteiger partial charge in [0.25, 0.3) is 11.5 Å². The third-order valence-electron chi connectivity index (χ3n) is 4.25. The molecule has 0 spiro atoms. The van der Waals surface area contributed by atoms with Gasteiger partial charge in [-0.05, 0) is 43.4 Å². The molecule has 1 aliphatic rings. The number of fused-ring (bicyclic) bond motifs is 1. The van der Waals surface area contributed by atoms with Gasteiger partial charge in [0.2, 0.25) is 0 Å². The second-order valence-corrected chi connectivity index (χ2v) is 5.97. The fourth-order valence-electron chi connectivity index (χ4n) is 2.95. The third-order valence-corrected chi connectivity index (χ3v) is 4.25. The van der Waals surface area contributed by atoms with Crippen molar-refractivity contribution >= 4 is 5.91 Å². The van der Waals surface area contributed by atoms with E-state index in [0.717, 1.165) is 43.4 Å². The maximum absolute atomic E-state index is 13.6. The van der Waals surface area contributed by atoms with Crippen molar-refractivity contribution in [2.45, 2.75) is 38.6 Å². The van der Waals surface area contributed by atoms with Crippen molar-refractivity contribution in [3.05, 3.63) is 63.3 Å². The molecule has 1 amide bonds. The number of rotatable bonds is 4. The van der Waals surface area contributed by atoms with Crippen molar-refractivity contribution < 1.29 is 9.18 Å². The van der Waals surface area contributed by atoms with E-state index in [-0.39, 0.29) is 24.2 Å². The van der Waals surface area contributed by atoms with Crippen LogP contribution in [0.25, 0.3) is 0 Å². The van der Waals surface area contributed by atoms with Crippen LogP contribution in [-0.4, -0.2) is 22.2 Å². The van der Waals surface area contributed by atoms with Crippen molar-refractivity contribution in [3.8, 4) is 0 Å². The molecule has 0 aliphatic heterocycles. The molecule has 1 N–H and O–H groups in total. The lowest BCUT2D eigenvalue weighted by Crippen LogP contribution is -2.33. The minimum Gasteiger partial charge on any atom is -0.350 e. The van der Waals surface area contributed by atoms with Crippen LogP contribution in [0.4, 0.5) is 4.39 Å². The van der Waals surface area contributed by atoms with Crippen LogP contribution in [-0.2, 0) is 19.4 Å². The van der Waals surface area contributed by atoms with E-state index < -0.39 is 11.7 Å². The molecule has 0 saturated heterocycles. The zero-order chi connectivity index (χ0) is 16.9. The molecule has 126 valence electrons. The highest BCUT2D eigenvalue weighted by molar-refractivity contribution is 5.94. The molecule has 1 aromatic heterocycles. The first-order valence-corrected chi connectivity index (χ1v) is 8.28. The zero-order valence-electron chi connectivity index (χ0n) is 13.4. The van der Waals surface area contributed by atoms with Gasteiger partial charge in [0.15, 0.2) is 0 Å². The van der Waals surface area contributed by atoms with E-state index in [9.17, 15) is 14.0 Å². The largest absolute Gasteiger partial charge is 0.350 e. The van der Waals surface area contributed by atoms with Crippen LogP contribution in [0.1, 0.15) is 40.9 Å². The number of nitrogens with zero attached hydrogens (tertiary/aromatic N) is 2. The van der Waals surface area contributed by atoms with E-state index in [0.29, 0.717) is 0 Å². The summed E-state index contributed by atoms with van der Waals surface area (Å²) in [5, 5.41) is 7.07. The highest BCUT2D eigenvalue weighted by Crippen LogP contribution is 2.16. The van der Waals surface area contributed by atoms with Gasteiger partial charge in [0, 0.05) is 12.6 Å². The molecule has 0 saturated carbocycles. The molecule has 0 atom stereocenters. The first-order chi connectivity index (χ1) is 11.6. The van der Waals surface area contributed by atoms with Gasteiger partial charge < -0.3 is 5.32 Å². The summed E-state index contributed by atoms with van der Waals surface area (Å²) in [6.45, 7) is 0.491. The number of halogens is 1. The third kappa shape index (κ3) is 3.69. The van der Waals surface area contributed by atoms with Crippen LogP contribution in [0.3, 0.4) is 0 Å². The summed E-state index contributed by atoms with van der Waals surface area (Å²) in [6, 6.07) is 7.47. The maximum atomic E-state index is 13.6. The van der Waals surface area contributed by atoms with E-state index >= 15 is 0 Å². The van der Waals surface area contributed by atoms with Crippen molar-refractivity contribution in [1.82, 2.24) is 15.1 Å². The van der Waals surface area contributed by atoms with E-state index in [2.05, 4.69) is 10.4 Å². The second kappa shape index (κ2) is 7.38. The molecule has 6 heteroatoms. The number of hydrogen-bond acceptors (Lipinski definition) is 3. The van der Waals surface area contributed by atoms with Crippen molar-refractivity contribution in [2.75, 3.05) is 6.54 Å². The fourth-order valence-corrected chi connectivity index (χ4v) is 2.95. The Hall–Kier alpha value is -2.50. The first kappa shape index (κ1) is 16.4. The molecule has 5 nitrogen and oxygen atoms in total. The summed E-state index contributed by atoms with van der Waals surface area (Å²) in [6.07, 6.45) is 5.13. The number of carbonyl (C=O) groups is 1. The van der Waals surface area contributed by atoms with Gasteiger partial charge in [0.1, 0.15) is 5.82 Å². The molecule has 24 heavy (non-hydrogen) atoms. The molecule has 0 unspecified atom stereocenters. The minimum absolute atomic E-state index is 0.000246. The summed E-state index contributed by atoms with van der Waals surface area (Å²) >= 11 is 0. The Kier molecular flexibility index (Phi) is 5.03. The van der Waals surface area contributed by atoms with Gasteiger partial charge >= 0.3 is 0 Å². The van der Waals surface area contributed by atoms with E-state index in [1.54, 1.807) is 12.1 Å². The van der Waals surface area contributed by atoms with Gasteiger partial charge in [-0.3, -0.25) is 9.59 Å². The Bertz CT molecular complexity index is 801. The lowest BCUT2D eigenvalue weighted by molar-refractivity contribution is 0.0947. The standard InChI is InChI=1S/C18H20FN3O2/c19-15-8-5-4-7-14(15)18(24)20-10-11-22-17(23)12-13-6-2-1-3-9-16(13)21-22/h4-5,7-8,12H,1-3,6,9-11H2,(H,20,24). The summed E-state index contributed by atoms with van der Waals surface area (Å²) in [4.78, 5) is 24.1. The van der Waals surface area contributed by atoms with Crippen LogP contribution in [0.15, 0.2) is 35.1 Å². The number of aryl methyl sites for hydroxylation is 2. The average Bonchev–Trinajstić information content (AvgIpc) is 2.80. The van der Waals surface area contributed by atoms with Crippen LogP contribution in [0, 0.1) is 5.82 Å². The van der Waals surface area contributed by atoms with E-state index in [4.69, 9.17) is 0 Å². The number of hydrogen-bond donors (Lipinski definition) is 1. The predicted molar refractivity (Wildman–Crippen MR) is 88.5 cm³/mol. The topological polar surface area (TPSA) is 64.0 Å². The molecule has 1 aromatic carbocycles. The number of carbonyl (C=O) groups excluding carboxylic acids is 1. The van der Waals surface area contributed by atoms with Gasteiger partial charge in [-0.15, -0.1) is 0 Å². The van der Waals surface area contributed by atoms with Crippen molar-refractivity contribution in [1.29, 1.82) is 0 Å². The normalized spacial score (nSPS) is 13.9. The average molecular weight is 329 g/mol. The smallest absolute Gasteiger partial charge is 0.267 e. The molecule has 0 fully saturated rings. The first-order valence-electron chi connectivity index (χ1n) is 8.28. The quantitative estimate of drug-likeness (QED) is 0.874. The van der Waals surface area contributed by atoms with Crippen molar-refractivity contribution in [2.24, 2.45) is 0 Å². The molecule has 1 heterocycles. The molecule has 0 bridgehead atoms. The van der Waals surface area contributed by atoms with Gasteiger partial charge in [0.05, 0.1) is 17.8 Å². The number of nitrogens with one attached hydrogen (secondary N) is 1. The molecule has 3 rings (SSSR count).